The van der Waals surface area contributed by atoms with Gasteiger partial charge in [-0.3, -0.25) is 4.79 Å². The highest BCUT2D eigenvalue weighted by molar-refractivity contribution is 7.99. The van der Waals surface area contributed by atoms with Gasteiger partial charge in [0.05, 0.1) is 10.8 Å². The third-order valence-electron chi connectivity index (χ3n) is 3.17. The summed E-state index contributed by atoms with van der Waals surface area (Å²) in [5.41, 5.74) is 1.43. The number of hydrogen-bond donors (Lipinski definition) is 2. The summed E-state index contributed by atoms with van der Waals surface area (Å²) in [5, 5.41) is 11.9. The molecule has 6 nitrogen and oxygen atoms in total. The summed E-state index contributed by atoms with van der Waals surface area (Å²) in [4.78, 5) is 12.0. The molecule has 0 saturated carbocycles. The molecular formula is C16H14ClN5OS. The van der Waals surface area contributed by atoms with Crippen LogP contribution in [0.25, 0.3) is 11.4 Å². The number of anilines is 1. The first-order valence-electron chi connectivity index (χ1n) is 7.08. The van der Waals surface area contributed by atoms with Gasteiger partial charge in [0.1, 0.15) is 0 Å². The number of para-hydroxylation sites is 1. The van der Waals surface area contributed by atoms with Crippen LogP contribution in [0.2, 0.25) is 5.02 Å². The number of thioether (sulfide) groups is 1. The Labute approximate surface area is 148 Å². The van der Waals surface area contributed by atoms with E-state index in [4.69, 9.17) is 17.4 Å². The lowest BCUT2D eigenvalue weighted by Crippen LogP contribution is -2.16. The van der Waals surface area contributed by atoms with E-state index >= 15 is 0 Å². The maximum atomic E-state index is 12.0. The number of carbonyl (C=O) groups is 1. The molecule has 0 fully saturated rings. The second kappa shape index (κ2) is 7.37. The Balaban J connectivity index is 1.67. The van der Waals surface area contributed by atoms with Gasteiger partial charge < -0.3 is 11.2 Å². The van der Waals surface area contributed by atoms with Crippen molar-refractivity contribution < 1.29 is 4.79 Å². The van der Waals surface area contributed by atoms with E-state index in [-0.39, 0.29) is 11.7 Å². The van der Waals surface area contributed by atoms with Gasteiger partial charge in [-0.2, -0.15) is 0 Å². The molecule has 3 rings (SSSR count). The van der Waals surface area contributed by atoms with Gasteiger partial charge in [-0.05, 0) is 24.3 Å². The van der Waals surface area contributed by atoms with Crippen LogP contribution in [-0.2, 0) is 4.79 Å². The Kier molecular flexibility index (Phi) is 5.02. The van der Waals surface area contributed by atoms with Gasteiger partial charge in [-0.15, -0.1) is 10.2 Å². The molecule has 0 aliphatic rings. The molecule has 3 N–H and O–H groups in total. The predicted octanol–water partition coefficient (Wildman–Crippen LogP) is 3.04. The minimum atomic E-state index is -0.145. The Morgan fingerprint density at radius 3 is 2.58 bits per heavy atom. The molecule has 0 bridgehead atoms. The number of nitrogens with one attached hydrogen (secondary N) is 1. The van der Waals surface area contributed by atoms with E-state index in [9.17, 15) is 4.79 Å². The van der Waals surface area contributed by atoms with Crippen LogP contribution >= 0.6 is 23.4 Å². The fourth-order valence-corrected chi connectivity index (χ4v) is 2.93. The fourth-order valence-electron chi connectivity index (χ4n) is 2.05. The molecule has 1 amide bonds. The van der Waals surface area contributed by atoms with Crippen LogP contribution in [0, 0.1) is 0 Å². The first-order valence-corrected chi connectivity index (χ1v) is 8.44. The van der Waals surface area contributed by atoms with Crippen molar-refractivity contribution in [1.82, 2.24) is 14.9 Å². The number of aromatic nitrogens is 3. The lowest BCUT2D eigenvalue weighted by molar-refractivity contribution is -0.113. The van der Waals surface area contributed by atoms with Crippen molar-refractivity contribution in [2.45, 2.75) is 5.16 Å². The SMILES string of the molecule is Nn1c(SCC(=O)Nc2ccccc2)nnc1-c1ccccc1Cl. The van der Waals surface area contributed by atoms with Crippen LogP contribution in [0.4, 0.5) is 5.69 Å². The maximum Gasteiger partial charge on any atom is 0.234 e. The van der Waals surface area contributed by atoms with Gasteiger partial charge in [-0.25, -0.2) is 4.68 Å². The average Bonchev–Trinajstić information content (AvgIpc) is 2.95. The van der Waals surface area contributed by atoms with Gasteiger partial charge in [-0.1, -0.05) is 53.7 Å². The van der Waals surface area contributed by atoms with Crippen molar-refractivity contribution in [2.75, 3.05) is 16.9 Å². The van der Waals surface area contributed by atoms with Crippen molar-refractivity contribution in [3.8, 4) is 11.4 Å². The van der Waals surface area contributed by atoms with Crippen molar-refractivity contribution in [3.63, 3.8) is 0 Å². The number of amides is 1. The summed E-state index contributed by atoms with van der Waals surface area (Å²) >= 11 is 7.36. The van der Waals surface area contributed by atoms with Gasteiger partial charge in [0, 0.05) is 11.3 Å². The molecule has 0 spiro atoms. The number of nitrogen functional groups attached to an aromatic ring is 1. The molecule has 24 heavy (non-hydrogen) atoms. The maximum absolute atomic E-state index is 12.0. The minimum Gasteiger partial charge on any atom is -0.335 e. The molecule has 1 heterocycles. The highest BCUT2D eigenvalue weighted by Gasteiger charge is 2.15. The zero-order valence-electron chi connectivity index (χ0n) is 12.5. The molecule has 0 unspecified atom stereocenters. The monoisotopic (exact) mass is 359 g/mol. The van der Waals surface area contributed by atoms with E-state index in [0.717, 1.165) is 5.69 Å². The first kappa shape index (κ1) is 16.4. The van der Waals surface area contributed by atoms with Crippen LogP contribution in [0.5, 0.6) is 0 Å². The van der Waals surface area contributed by atoms with E-state index in [2.05, 4.69) is 15.5 Å². The van der Waals surface area contributed by atoms with E-state index in [1.165, 1.54) is 16.4 Å². The normalized spacial score (nSPS) is 10.5. The minimum absolute atomic E-state index is 0.145. The van der Waals surface area contributed by atoms with Gasteiger partial charge in [0.25, 0.3) is 0 Å². The molecule has 2 aromatic carbocycles. The Morgan fingerprint density at radius 2 is 1.83 bits per heavy atom. The quantitative estimate of drug-likeness (QED) is 0.540. The molecule has 0 saturated heterocycles. The lowest BCUT2D eigenvalue weighted by atomic mass is 10.2. The third-order valence-corrected chi connectivity index (χ3v) is 4.44. The molecule has 8 heteroatoms. The average molecular weight is 360 g/mol. The van der Waals surface area contributed by atoms with Gasteiger partial charge in [0.15, 0.2) is 5.82 Å². The van der Waals surface area contributed by atoms with E-state index in [1.54, 1.807) is 6.07 Å². The standard InChI is InChI=1S/C16H14ClN5OS/c17-13-9-5-4-8-12(13)15-20-21-16(22(15)18)24-10-14(23)19-11-6-2-1-3-7-11/h1-9H,10,18H2,(H,19,23). The van der Waals surface area contributed by atoms with Crippen LogP contribution in [-0.4, -0.2) is 26.5 Å². The largest absolute Gasteiger partial charge is 0.335 e. The summed E-state index contributed by atoms with van der Waals surface area (Å²) < 4.78 is 1.33. The molecule has 1 aromatic heterocycles. The summed E-state index contributed by atoms with van der Waals surface area (Å²) in [6, 6.07) is 16.5. The Bertz CT molecular complexity index is 853. The van der Waals surface area contributed by atoms with Crippen LogP contribution < -0.4 is 11.2 Å². The van der Waals surface area contributed by atoms with Crippen LogP contribution in [0.1, 0.15) is 0 Å². The molecule has 0 aliphatic heterocycles. The highest BCUT2D eigenvalue weighted by Crippen LogP contribution is 2.27. The Morgan fingerprint density at radius 1 is 1.12 bits per heavy atom. The molecule has 3 aromatic rings. The van der Waals surface area contributed by atoms with E-state index in [1.807, 2.05) is 48.5 Å². The van der Waals surface area contributed by atoms with Crippen molar-refractivity contribution >= 4 is 35.0 Å². The van der Waals surface area contributed by atoms with Gasteiger partial charge >= 0.3 is 0 Å². The van der Waals surface area contributed by atoms with Gasteiger partial charge in [0.2, 0.25) is 11.1 Å². The summed E-state index contributed by atoms with van der Waals surface area (Å²) in [6.45, 7) is 0. The number of carbonyl (C=O) groups excluding carboxylic acids is 1. The number of nitrogens with two attached hydrogens (primary N) is 1. The molecule has 0 radical (unpaired) electrons. The second-order valence-electron chi connectivity index (χ2n) is 4.86. The zero-order chi connectivity index (χ0) is 16.9. The van der Waals surface area contributed by atoms with E-state index < -0.39 is 0 Å². The predicted molar refractivity (Wildman–Crippen MR) is 96.4 cm³/mol. The smallest absolute Gasteiger partial charge is 0.234 e. The summed E-state index contributed by atoms with van der Waals surface area (Å²) in [6.07, 6.45) is 0. The van der Waals surface area contributed by atoms with Crippen LogP contribution in [0.15, 0.2) is 59.8 Å². The van der Waals surface area contributed by atoms with Crippen LogP contribution in [0.3, 0.4) is 0 Å². The molecule has 0 atom stereocenters. The fraction of sp³-hybridized carbons (Fsp3) is 0.0625. The van der Waals surface area contributed by atoms with Crippen molar-refractivity contribution in [3.05, 3.63) is 59.6 Å². The number of halogens is 1. The van der Waals surface area contributed by atoms with E-state index in [0.29, 0.717) is 21.6 Å². The topological polar surface area (TPSA) is 85.8 Å². The number of hydrogen-bond acceptors (Lipinski definition) is 5. The van der Waals surface area contributed by atoms with Crippen molar-refractivity contribution in [2.24, 2.45) is 0 Å². The summed E-state index contributed by atoms with van der Waals surface area (Å²) in [5.74, 6) is 6.50. The van der Waals surface area contributed by atoms with Crippen molar-refractivity contribution in [1.29, 1.82) is 0 Å². The number of nitrogens with zero attached hydrogens (tertiary/aromatic N) is 3. The molecule has 122 valence electrons. The molecular weight excluding hydrogens is 346 g/mol. The second-order valence-corrected chi connectivity index (χ2v) is 6.21. The number of rotatable bonds is 5. The Hall–Kier alpha value is -2.51. The lowest BCUT2D eigenvalue weighted by Gasteiger charge is -2.06. The molecule has 0 aliphatic carbocycles. The summed E-state index contributed by atoms with van der Waals surface area (Å²) in [7, 11) is 0. The number of benzene rings is 2. The highest BCUT2D eigenvalue weighted by atomic mass is 35.5. The first-order chi connectivity index (χ1) is 11.6. The zero-order valence-corrected chi connectivity index (χ0v) is 14.1. The third kappa shape index (κ3) is 3.69.